The standard InChI is InChI=1S/C13H17F2NO/c1-16-12-4-2-3-5-13(12)17-9-6-7-10(14)11(15)8-9/h6-8,12-13,16H,2-5H2,1H3. The third kappa shape index (κ3) is 2.94. The SMILES string of the molecule is CNC1CCCCC1Oc1ccc(F)c(F)c1. The summed E-state index contributed by atoms with van der Waals surface area (Å²) in [5, 5.41) is 3.21. The smallest absolute Gasteiger partial charge is 0.162 e. The lowest BCUT2D eigenvalue weighted by atomic mass is 9.92. The van der Waals surface area contributed by atoms with Gasteiger partial charge in [0.1, 0.15) is 11.9 Å². The number of hydrogen-bond donors (Lipinski definition) is 1. The lowest BCUT2D eigenvalue weighted by Crippen LogP contribution is -2.43. The predicted molar refractivity (Wildman–Crippen MR) is 62.1 cm³/mol. The fourth-order valence-corrected chi connectivity index (χ4v) is 2.29. The average Bonchev–Trinajstić information content (AvgIpc) is 2.34. The van der Waals surface area contributed by atoms with E-state index in [0.29, 0.717) is 5.75 Å². The largest absolute Gasteiger partial charge is 0.489 e. The van der Waals surface area contributed by atoms with E-state index in [0.717, 1.165) is 31.4 Å². The Kier molecular flexibility index (Phi) is 3.94. The van der Waals surface area contributed by atoms with Gasteiger partial charge in [-0.2, -0.15) is 0 Å². The van der Waals surface area contributed by atoms with Crippen LogP contribution in [-0.4, -0.2) is 19.2 Å². The number of hydrogen-bond acceptors (Lipinski definition) is 2. The number of benzene rings is 1. The van der Waals surface area contributed by atoms with Gasteiger partial charge >= 0.3 is 0 Å². The predicted octanol–water partition coefficient (Wildman–Crippen LogP) is 2.87. The van der Waals surface area contributed by atoms with Crippen LogP contribution >= 0.6 is 0 Å². The van der Waals surface area contributed by atoms with Gasteiger partial charge in [-0.05, 0) is 38.4 Å². The van der Waals surface area contributed by atoms with Crippen LogP contribution in [0.1, 0.15) is 25.7 Å². The van der Waals surface area contributed by atoms with Crippen LogP contribution in [-0.2, 0) is 0 Å². The topological polar surface area (TPSA) is 21.3 Å². The van der Waals surface area contributed by atoms with Crippen LogP contribution in [0.4, 0.5) is 8.78 Å². The molecule has 17 heavy (non-hydrogen) atoms. The van der Waals surface area contributed by atoms with Gasteiger partial charge in [-0.25, -0.2) is 8.78 Å². The number of nitrogens with one attached hydrogen (secondary N) is 1. The summed E-state index contributed by atoms with van der Waals surface area (Å²) in [6.07, 6.45) is 4.35. The first-order valence-electron chi connectivity index (χ1n) is 5.99. The Morgan fingerprint density at radius 2 is 1.94 bits per heavy atom. The molecule has 1 N–H and O–H groups in total. The molecule has 0 heterocycles. The van der Waals surface area contributed by atoms with Crippen molar-refractivity contribution in [2.24, 2.45) is 0 Å². The van der Waals surface area contributed by atoms with Crippen molar-refractivity contribution < 1.29 is 13.5 Å². The molecule has 0 saturated heterocycles. The molecule has 1 aliphatic carbocycles. The molecule has 4 heteroatoms. The molecule has 2 nitrogen and oxygen atoms in total. The Balaban J connectivity index is 2.05. The van der Waals surface area contributed by atoms with Crippen LogP contribution in [0.5, 0.6) is 5.75 Å². The minimum atomic E-state index is -0.862. The molecule has 2 rings (SSSR count). The monoisotopic (exact) mass is 241 g/mol. The van der Waals surface area contributed by atoms with E-state index in [1.807, 2.05) is 7.05 Å². The van der Waals surface area contributed by atoms with Crippen molar-refractivity contribution in [2.45, 2.75) is 37.8 Å². The Morgan fingerprint density at radius 1 is 1.18 bits per heavy atom. The van der Waals surface area contributed by atoms with Gasteiger partial charge in [0.25, 0.3) is 0 Å². The minimum absolute atomic E-state index is 0.0404. The number of likely N-dealkylation sites (N-methyl/N-ethyl adjacent to an activating group) is 1. The second kappa shape index (κ2) is 5.45. The van der Waals surface area contributed by atoms with E-state index in [9.17, 15) is 8.78 Å². The summed E-state index contributed by atoms with van der Waals surface area (Å²) in [6.45, 7) is 0. The molecule has 1 aliphatic rings. The highest BCUT2D eigenvalue weighted by atomic mass is 19.2. The first kappa shape index (κ1) is 12.3. The number of rotatable bonds is 3. The van der Waals surface area contributed by atoms with Gasteiger partial charge in [0.05, 0.1) is 0 Å². The third-order valence-electron chi connectivity index (χ3n) is 3.25. The number of halogens is 2. The lowest BCUT2D eigenvalue weighted by molar-refractivity contribution is 0.117. The summed E-state index contributed by atoms with van der Waals surface area (Å²) in [4.78, 5) is 0. The molecule has 1 fully saturated rings. The molecule has 1 aromatic rings. The van der Waals surface area contributed by atoms with Gasteiger partial charge in [-0.3, -0.25) is 0 Å². The third-order valence-corrected chi connectivity index (χ3v) is 3.25. The molecule has 0 aromatic heterocycles. The second-order valence-electron chi connectivity index (χ2n) is 4.41. The first-order chi connectivity index (χ1) is 8.20. The van der Waals surface area contributed by atoms with Crippen molar-refractivity contribution in [3.05, 3.63) is 29.8 Å². The van der Waals surface area contributed by atoms with E-state index >= 15 is 0 Å². The van der Waals surface area contributed by atoms with Crippen LogP contribution in [0.3, 0.4) is 0 Å². The van der Waals surface area contributed by atoms with Crippen LogP contribution in [0.15, 0.2) is 18.2 Å². The zero-order valence-electron chi connectivity index (χ0n) is 9.88. The fraction of sp³-hybridized carbons (Fsp3) is 0.538. The van der Waals surface area contributed by atoms with Gasteiger partial charge in [-0.15, -0.1) is 0 Å². The van der Waals surface area contributed by atoms with E-state index < -0.39 is 11.6 Å². The van der Waals surface area contributed by atoms with E-state index in [1.165, 1.54) is 12.5 Å². The zero-order valence-corrected chi connectivity index (χ0v) is 9.88. The minimum Gasteiger partial charge on any atom is -0.489 e. The summed E-state index contributed by atoms with van der Waals surface area (Å²) >= 11 is 0. The van der Waals surface area contributed by atoms with E-state index in [4.69, 9.17) is 4.74 Å². The number of ether oxygens (including phenoxy) is 1. The molecule has 0 aliphatic heterocycles. The highest BCUT2D eigenvalue weighted by Crippen LogP contribution is 2.24. The van der Waals surface area contributed by atoms with E-state index in [-0.39, 0.29) is 12.1 Å². The average molecular weight is 241 g/mol. The molecule has 0 bridgehead atoms. The molecule has 2 unspecified atom stereocenters. The van der Waals surface area contributed by atoms with E-state index in [2.05, 4.69) is 5.32 Å². The van der Waals surface area contributed by atoms with Gasteiger partial charge in [0.2, 0.25) is 0 Å². The maximum atomic E-state index is 13.0. The van der Waals surface area contributed by atoms with Crippen molar-refractivity contribution in [1.29, 1.82) is 0 Å². The Labute approximate surface area is 100.0 Å². The van der Waals surface area contributed by atoms with Gasteiger partial charge in [0, 0.05) is 12.1 Å². The quantitative estimate of drug-likeness (QED) is 0.878. The highest BCUT2D eigenvalue weighted by Gasteiger charge is 2.25. The highest BCUT2D eigenvalue weighted by molar-refractivity contribution is 5.24. The summed E-state index contributed by atoms with van der Waals surface area (Å²) in [6, 6.07) is 3.97. The second-order valence-corrected chi connectivity index (χ2v) is 4.41. The van der Waals surface area contributed by atoms with Crippen molar-refractivity contribution in [3.63, 3.8) is 0 Å². The van der Waals surface area contributed by atoms with Crippen LogP contribution in [0.25, 0.3) is 0 Å². The van der Waals surface area contributed by atoms with Crippen molar-refractivity contribution in [3.8, 4) is 5.75 Å². The fourth-order valence-electron chi connectivity index (χ4n) is 2.29. The van der Waals surface area contributed by atoms with E-state index in [1.54, 1.807) is 0 Å². The van der Waals surface area contributed by atoms with Gasteiger partial charge < -0.3 is 10.1 Å². The van der Waals surface area contributed by atoms with Gasteiger partial charge in [-0.1, -0.05) is 6.42 Å². The normalized spacial score (nSPS) is 24.6. The summed E-state index contributed by atoms with van der Waals surface area (Å²) < 4.78 is 31.5. The van der Waals surface area contributed by atoms with Crippen molar-refractivity contribution in [1.82, 2.24) is 5.32 Å². The Morgan fingerprint density at radius 3 is 2.65 bits per heavy atom. The van der Waals surface area contributed by atoms with Crippen molar-refractivity contribution >= 4 is 0 Å². The van der Waals surface area contributed by atoms with Gasteiger partial charge in [0.15, 0.2) is 11.6 Å². The van der Waals surface area contributed by atoms with Crippen molar-refractivity contribution in [2.75, 3.05) is 7.05 Å². The molecule has 94 valence electrons. The molecule has 1 aromatic carbocycles. The molecule has 2 atom stereocenters. The molecule has 0 amide bonds. The Hall–Kier alpha value is -1.16. The molecular formula is C13H17F2NO. The zero-order chi connectivity index (χ0) is 12.3. The van der Waals surface area contributed by atoms with Crippen LogP contribution in [0, 0.1) is 11.6 Å². The first-order valence-corrected chi connectivity index (χ1v) is 5.99. The lowest BCUT2D eigenvalue weighted by Gasteiger charge is -2.31. The molecule has 0 radical (unpaired) electrons. The summed E-state index contributed by atoms with van der Waals surface area (Å²) in [5.41, 5.74) is 0. The maximum absolute atomic E-state index is 13.0. The summed E-state index contributed by atoms with van der Waals surface area (Å²) in [7, 11) is 1.90. The van der Waals surface area contributed by atoms with Crippen LogP contribution < -0.4 is 10.1 Å². The summed E-state index contributed by atoms with van der Waals surface area (Å²) in [5.74, 6) is -1.30. The maximum Gasteiger partial charge on any atom is 0.162 e. The van der Waals surface area contributed by atoms with Crippen LogP contribution in [0.2, 0.25) is 0 Å². The molecule has 1 saturated carbocycles. The Bertz CT molecular complexity index is 384. The molecular weight excluding hydrogens is 224 g/mol. The molecule has 0 spiro atoms.